The first-order chi connectivity index (χ1) is 15.9. The van der Waals surface area contributed by atoms with Crippen LogP contribution in [0.1, 0.15) is 30.9 Å². The highest BCUT2D eigenvalue weighted by Gasteiger charge is 2.34. The number of rotatable bonds is 6. The molecular formula is C25H28N2O6. The van der Waals surface area contributed by atoms with Gasteiger partial charge in [0.15, 0.2) is 6.61 Å². The maximum atomic E-state index is 13.1. The highest BCUT2D eigenvalue weighted by molar-refractivity contribution is 5.73. The van der Waals surface area contributed by atoms with Crippen LogP contribution in [0.4, 0.5) is 0 Å². The molecule has 174 valence electrons. The first kappa shape index (κ1) is 21.7. The Morgan fingerprint density at radius 3 is 2.85 bits per heavy atom. The molecule has 1 unspecified atom stereocenters. The minimum atomic E-state index is -0.253. The van der Waals surface area contributed by atoms with Crippen molar-refractivity contribution in [3.05, 3.63) is 64.1 Å². The van der Waals surface area contributed by atoms with E-state index in [4.69, 9.17) is 23.4 Å². The smallest absolute Gasteiger partial charge is 0.254 e. The van der Waals surface area contributed by atoms with E-state index in [0.717, 1.165) is 28.1 Å². The molecule has 2 aliphatic rings. The van der Waals surface area contributed by atoms with Crippen LogP contribution < -0.4 is 15.0 Å². The normalized spacial score (nSPS) is 18.9. The Labute approximate surface area is 192 Å². The third-order valence-corrected chi connectivity index (χ3v) is 6.20. The van der Waals surface area contributed by atoms with E-state index in [-0.39, 0.29) is 23.7 Å². The van der Waals surface area contributed by atoms with Crippen LogP contribution >= 0.6 is 0 Å². The van der Waals surface area contributed by atoms with Crippen molar-refractivity contribution in [1.29, 1.82) is 0 Å². The molecule has 0 saturated carbocycles. The van der Waals surface area contributed by atoms with Gasteiger partial charge >= 0.3 is 0 Å². The molecule has 0 spiro atoms. The summed E-state index contributed by atoms with van der Waals surface area (Å²) < 4.78 is 30.2. The van der Waals surface area contributed by atoms with Crippen LogP contribution in [0.15, 0.2) is 45.9 Å². The number of benzene rings is 1. The minimum Gasteiger partial charge on any atom is -0.490 e. The Kier molecular flexibility index (Phi) is 5.72. The van der Waals surface area contributed by atoms with Crippen molar-refractivity contribution in [2.75, 3.05) is 26.4 Å². The molecule has 0 bridgehead atoms. The van der Waals surface area contributed by atoms with Crippen molar-refractivity contribution in [2.45, 2.75) is 45.4 Å². The second-order valence-corrected chi connectivity index (χ2v) is 9.09. The summed E-state index contributed by atoms with van der Waals surface area (Å²) in [4.78, 5) is 17.2. The predicted molar refractivity (Wildman–Crippen MR) is 121 cm³/mol. The molecule has 1 saturated heterocycles. The molecular weight excluding hydrogens is 424 g/mol. The lowest BCUT2D eigenvalue weighted by molar-refractivity contribution is -0.101. The van der Waals surface area contributed by atoms with Gasteiger partial charge in [0.25, 0.3) is 5.56 Å². The van der Waals surface area contributed by atoms with Crippen LogP contribution in [0.3, 0.4) is 0 Å². The van der Waals surface area contributed by atoms with Crippen LogP contribution in [0.5, 0.6) is 11.5 Å². The zero-order valence-electron chi connectivity index (χ0n) is 19.1. The molecule has 0 amide bonds. The summed E-state index contributed by atoms with van der Waals surface area (Å²) in [5, 5.41) is 0. The molecule has 1 aromatic carbocycles. The summed E-state index contributed by atoms with van der Waals surface area (Å²) in [6.45, 7) is 9.09. The average molecular weight is 453 g/mol. The van der Waals surface area contributed by atoms with Crippen LogP contribution in [0, 0.1) is 6.92 Å². The highest BCUT2D eigenvalue weighted by Crippen LogP contribution is 2.43. The number of ether oxygens (including phenoxy) is 4. The Balaban J connectivity index is 1.47. The summed E-state index contributed by atoms with van der Waals surface area (Å²) in [6.07, 6.45) is 2.99. The quantitative estimate of drug-likeness (QED) is 0.566. The number of oxazole rings is 1. The molecule has 0 radical (unpaired) electrons. The van der Waals surface area contributed by atoms with E-state index in [1.165, 1.54) is 6.26 Å². The van der Waals surface area contributed by atoms with Gasteiger partial charge < -0.3 is 27.9 Å². The van der Waals surface area contributed by atoms with Crippen molar-refractivity contribution in [1.82, 2.24) is 9.55 Å². The van der Waals surface area contributed by atoms with Gasteiger partial charge in [-0.15, -0.1) is 0 Å². The number of fused-ring (bicyclic) bond motifs is 3. The van der Waals surface area contributed by atoms with Gasteiger partial charge in [0.05, 0.1) is 31.7 Å². The standard InChI is InChI=1S/C25H28N2O6/c1-16-21(33-13-18-12-29-8-9-30-18)11-23(28)27-15-25(2,3)20-10-17(4-5-19(20)24(16)27)32-14-22-26-6-7-31-22/h4-7,10-11,18H,8-9,12-15H2,1-3H3. The lowest BCUT2D eigenvalue weighted by atomic mass is 9.77. The molecule has 1 fully saturated rings. The first-order valence-corrected chi connectivity index (χ1v) is 11.1. The van der Waals surface area contributed by atoms with Crippen molar-refractivity contribution < 1.29 is 23.4 Å². The van der Waals surface area contributed by atoms with Gasteiger partial charge in [-0.1, -0.05) is 13.8 Å². The van der Waals surface area contributed by atoms with E-state index >= 15 is 0 Å². The van der Waals surface area contributed by atoms with Crippen LogP contribution in [-0.2, 0) is 28.0 Å². The second-order valence-electron chi connectivity index (χ2n) is 9.09. The third-order valence-electron chi connectivity index (χ3n) is 6.20. The average Bonchev–Trinajstić information content (AvgIpc) is 3.33. The number of hydrogen-bond acceptors (Lipinski definition) is 7. The number of aromatic nitrogens is 2. The van der Waals surface area contributed by atoms with E-state index in [2.05, 4.69) is 18.8 Å². The van der Waals surface area contributed by atoms with Gasteiger partial charge in [-0.2, -0.15) is 0 Å². The van der Waals surface area contributed by atoms with Crippen LogP contribution in [0.25, 0.3) is 11.3 Å². The lowest BCUT2D eigenvalue weighted by Crippen LogP contribution is -2.37. The molecule has 8 nitrogen and oxygen atoms in total. The van der Waals surface area contributed by atoms with Crippen molar-refractivity contribution in [2.24, 2.45) is 0 Å². The topological polar surface area (TPSA) is 85.0 Å². The van der Waals surface area contributed by atoms with E-state index in [9.17, 15) is 4.79 Å². The maximum Gasteiger partial charge on any atom is 0.254 e. The Hall–Kier alpha value is -3.10. The van der Waals surface area contributed by atoms with Gasteiger partial charge in [0.1, 0.15) is 30.5 Å². The minimum absolute atomic E-state index is 0.0747. The zero-order valence-corrected chi connectivity index (χ0v) is 19.1. The number of pyridine rings is 1. The van der Waals surface area contributed by atoms with Crippen molar-refractivity contribution in [3.8, 4) is 22.8 Å². The highest BCUT2D eigenvalue weighted by atomic mass is 16.6. The first-order valence-electron chi connectivity index (χ1n) is 11.1. The van der Waals surface area contributed by atoms with E-state index in [0.29, 0.717) is 44.6 Å². The number of nitrogens with zero attached hydrogens (tertiary/aromatic N) is 2. The Morgan fingerprint density at radius 1 is 1.21 bits per heavy atom. The third kappa shape index (κ3) is 4.28. The molecule has 1 atom stereocenters. The molecule has 2 aromatic heterocycles. The van der Waals surface area contributed by atoms with E-state index in [1.807, 2.05) is 29.7 Å². The SMILES string of the molecule is Cc1c(OCC2COCCO2)cc(=O)n2c1-c1ccc(OCc3ncco3)cc1C(C)(C)C2. The lowest BCUT2D eigenvalue weighted by Gasteiger charge is -2.36. The van der Waals surface area contributed by atoms with Gasteiger partial charge in [-0.05, 0) is 30.7 Å². The van der Waals surface area contributed by atoms with E-state index < -0.39 is 0 Å². The number of hydrogen-bond donors (Lipinski definition) is 0. The van der Waals surface area contributed by atoms with Crippen molar-refractivity contribution >= 4 is 0 Å². The molecule has 0 aliphatic carbocycles. The largest absolute Gasteiger partial charge is 0.490 e. The maximum absolute atomic E-state index is 13.1. The fourth-order valence-corrected chi connectivity index (χ4v) is 4.53. The van der Waals surface area contributed by atoms with Crippen LogP contribution in [0.2, 0.25) is 0 Å². The molecule has 3 aromatic rings. The van der Waals surface area contributed by atoms with Gasteiger partial charge in [0.2, 0.25) is 5.89 Å². The molecule has 5 rings (SSSR count). The van der Waals surface area contributed by atoms with E-state index in [1.54, 1.807) is 12.3 Å². The fraction of sp³-hybridized carbons (Fsp3) is 0.440. The Bertz CT molecular complexity index is 1190. The molecule has 4 heterocycles. The zero-order chi connectivity index (χ0) is 23.0. The summed E-state index contributed by atoms with van der Waals surface area (Å²) >= 11 is 0. The predicted octanol–water partition coefficient (Wildman–Crippen LogP) is 3.48. The summed E-state index contributed by atoms with van der Waals surface area (Å²) in [7, 11) is 0. The molecule has 33 heavy (non-hydrogen) atoms. The summed E-state index contributed by atoms with van der Waals surface area (Å²) in [5.74, 6) is 1.83. The molecule has 2 aliphatic heterocycles. The fourth-order valence-electron chi connectivity index (χ4n) is 4.53. The molecule has 0 N–H and O–H groups in total. The molecule has 8 heteroatoms. The van der Waals surface area contributed by atoms with Gasteiger partial charge in [-0.3, -0.25) is 4.79 Å². The van der Waals surface area contributed by atoms with Gasteiger partial charge in [0, 0.05) is 29.2 Å². The second kappa shape index (κ2) is 8.68. The summed E-state index contributed by atoms with van der Waals surface area (Å²) in [6, 6.07) is 7.56. The van der Waals surface area contributed by atoms with Gasteiger partial charge in [-0.25, -0.2) is 4.98 Å². The summed E-state index contributed by atoms with van der Waals surface area (Å²) in [5.41, 5.74) is 3.61. The van der Waals surface area contributed by atoms with Crippen LogP contribution in [-0.4, -0.2) is 42.1 Å². The Morgan fingerprint density at radius 2 is 2.09 bits per heavy atom. The monoisotopic (exact) mass is 452 g/mol. The van der Waals surface area contributed by atoms with Crippen molar-refractivity contribution in [3.63, 3.8) is 0 Å².